The van der Waals surface area contributed by atoms with Crippen molar-refractivity contribution in [3.05, 3.63) is 102 Å². The van der Waals surface area contributed by atoms with Crippen LogP contribution >= 0.6 is 0 Å². The molecule has 2 aromatic carbocycles. The van der Waals surface area contributed by atoms with Crippen molar-refractivity contribution in [2.24, 2.45) is 5.73 Å². The first kappa shape index (κ1) is 32.9. The van der Waals surface area contributed by atoms with E-state index >= 15 is 0 Å². The fourth-order valence-electron chi connectivity index (χ4n) is 4.58. The lowest BCUT2D eigenvalue weighted by molar-refractivity contribution is 0.0672. The molecule has 1 fully saturated rings. The SMILES string of the molecule is C#C.C=C(Cc1c[nH]c2c(C(=C)NNC)ccc(F)c12)C(=C)N1CCN(C(=O)c2ccccc2)CC1.CCCCN. The Hall–Kier alpha value is -4.32. The number of piperazine rings is 1. The van der Waals surface area contributed by atoms with Crippen molar-refractivity contribution in [1.29, 1.82) is 0 Å². The maximum absolute atomic E-state index is 14.8. The summed E-state index contributed by atoms with van der Waals surface area (Å²) in [5.74, 6) is -0.247. The monoisotopic (exact) mass is 558 g/mol. The Bertz CT molecular complexity index is 1330. The Morgan fingerprint density at radius 1 is 1.05 bits per heavy atom. The van der Waals surface area contributed by atoms with E-state index < -0.39 is 0 Å². The number of unbranched alkanes of at least 4 members (excludes halogenated alkanes) is 1. The molecule has 0 atom stereocenters. The second kappa shape index (κ2) is 16.7. The van der Waals surface area contributed by atoms with Gasteiger partial charge in [0.1, 0.15) is 5.82 Å². The number of carbonyl (C=O) groups is 1. The van der Waals surface area contributed by atoms with E-state index in [2.05, 4.69) is 60.2 Å². The minimum absolute atomic E-state index is 0.0455. The Morgan fingerprint density at radius 2 is 1.68 bits per heavy atom. The number of aromatic nitrogens is 1. The first-order valence-electron chi connectivity index (χ1n) is 13.7. The van der Waals surface area contributed by atoms with Gasteiger partial charge in [0.05, 0.1) is 11.2 Å². The molecule has 3 aromatic rings. The van der Waals surface area contributed by atoms with Gasteiger partial charge >= 0.3 is 0 Å². The smallest absolute Gasteiger partial charge is 0.253 e. The standard InChI is InChI=1S/C27H30FN5O.C4H11N.C2H2/c1-18(16-22-17-30-26-23(19(2)31-29-4)10-11-24(28)25(22)26)20(3)32-12-14-33(15-13-32)27(34)21-8-6-5-7-9-21;1-2-3-4-5;1-2/h5-11,17,29-31H,1-3,12-16H2,4H3;2-5H2,1H3;1-2H. The summed E-state index contributed by atoms with van der Waals surface area (Å²) in [5.41, 5.74) is 16.2. The minimum Gasteiger partial charge on any atom is -0.368 e. The molecule has 2 heterocycles. The van der Waals surface area contributed by atoms with Crippen molar-refractivity contribution in [2.45, 2.75) is 26.2 Å². The summed E-state index contributed by atoms with van der Waals surface area (Å²) in [6.45, 7) is 18.1. The Morgan fingerprint density at radius 3 is 2.24 bits per heavy atom. The van der Waals surface area contributed by atoms with Crippen molar-refractivity contribution in [1.82, 2.24) is 25.6 Å². The highest BCUT2D eigenvalue weighted by atomic mass is 19.1. The number of benzene rings is 2. The maximum Gasteiger partial charge on any atom is 0.253 e. The summed E-state index contributed by atoms with van der Waals surface area (Å²) >= 11 is 0. The second-order valence-electron chi connectivity index (χ2n) is 9.53. The van der Waals surface area contributed by atoms with Gasteiger partial charge in [0.2, 0.25) is 0 Å². The number of allylic oxidation sites excluding steroid dienone is 1. The number of carbonyl (C=O) groups excluding carboxylic acids is 1. The lowest BCUT2D eigenvalue weighted by Crippen LogP contribution is -2.48. The number of halogens is 1. The summed E-state index contributed by atoms with van der Waals surface area (Å²) in [4.78, 5) is 19.9. The zero-order valence-electron chi connectivity index (χ0n) is 24.3. The van der Waals surface area contributed by atoms with E-state index in [1.54, 1.807) is 13.1 Å². The maximum atomic E-state index is 14.8. The Labute approximate surface area is 244 Å². The van der Waals surface area contributed by atoms with Gasteiger partial charge in [0, 0.05) is 68.1 Å². The number of terminal acetylenes is 1. The molecular formula is C33H43FN6O. The van der Waals surface area contributed by atoms with Crippen LogP contribution in [0.15, 0.2) is 79.7 Å². The summed E-state index contributed by atoms with van der Waals surface area (Å²) in [7, 11) is 1.75. The van der Waals surface area contributed by atoms with Crippen LogP contribution in [0.5, 0.6) is 0 Å². The molecule has 41 heavy (non-hydrogen) atoms. The van der Waals surface area contributed by atoms with Crippen LogP contribution in [0.3, 0.4) is 0 Å². The summed E-state index contributed by atoms with van der Waals surface area (Å²) in [6.07, 6.45) is 12.7. The summed E-state index contributed by atoms with van der Waals surface area (Å²) < 4.78 is 14.8. The molecule has 4 rings (SSSR count). The lowest BCUT2D eigenvalue weighted by Gasteiger charge is -2.37. The van der Waals surface area contributed by atoms with Crippen LogP contribution in [0.1, 0.15) is 41.3 Å². The largest absolute Gasteiger partial charge is 0.368 e. The topological polar surface area (TPSA) is 89.4 Å². The minimum atomic E-state index is -0.293. The van der Waals surface area contributed by atoms with Crippen LogP contribution in [0.4, 0.5) is 4.39 Å². The van der Waals surface area contributed by atoms with Gasteiger partial charge in [-0.25, -0.2) is 9.82 Å². The van der Waals surface area contributed by atoms with Gasteiger partial charge in [-0.05, 0) is 48.4 Å². The first-order chi connectivity index (χ1) is 19.8. The van der Waals surface area contributed by atoms with Crippen LogP contribution in [0, 0.1) is 18.7 Å². The molecule has 1 aromatic heterocycles. The molecule has 0 unspecified atom stereocenters. The van der Waals surface area contributed by atoms with Gasteiger partial charge in [0.15, 0.2) is 0 Å². The van der Waals surface area contributed by atoms with Crippen molar-refractivity contribution in [3.63, 3.8) is 0 Å². The number of nitrogens with zero attached hydrogens (tertiary/aromatic N) is 2. The number of aromatic amines is 1. The molecule has 1 saturated heterocycles. The lowest BCUT2D eigenvalue weighted by atomic mass is 10.0. The van der Waals surface area contributed by atoms with Crippen LogP contribution in [-0.2, 0) is 6.42 Å². The van der Waals surface area contributed by atoms with Gasteiger partial charge in [0.25, 0.3) is 5.91 Å². The third kappa shape index (κ3) is 8.58. The number of nitrogens with two attached hydrogens (primary N) is 1. The fraction of sp³-hybridized carbons (Fsp3) is 0.303. The fourth-order valence-corrected chi connectivity index (χ4v) is 4.58. The number of amides is 1. The van der Waals surface area contributed by atoms with Crippen molar-refractivity contribution < 1.29 is 9.18 Å². The molecule has 218 valence electrons. The highest BCUT2D eigenvalue weighted by Crippen LogP contribution is 2.30. The van der Waals surface area contributed by atoms with Crippen LogP contribution in [0.25, 0.3) is 16.6 Å². The quantitative estimate of drug-likeness (QED) is 0.159. The number of fused-ring (bicyclic) bond motifs is 1. The van der Waals surface area contributed by atoms with Crippen molar-refractivity contribution in [2.75, 3.05) is 39.8 Å². The Balaban J connectivity index is 0.000000759. The third-order valence-corrected chi connectivity index (χ3v) is 6.81. The molecular weight excluding hydrogens is 515 g/mol. The van der Waals surface area contributed by atoms with E-state index in [9.17, 15) is 9.18 Å². The molecule has 0 spiro atoms. The van der Waals surface area contributed by atoms with E-state index in [-0.39, 0.29) is 11.7 Å². The predicted molar refractivity (Wildman–Crippen MR) is 169 cm³/mol. The van der Waals surface area contributed by atoms with Crippen molar-refractivity contribution >= 4 is 22.5 Å². The molecule has 1 aliphatic heterocycles. The second-order valence-corrected chi connectivity index (χ2v) is 9.53. The van der Waals surface area contributed by atoms with Gasteiger partial charge in [-0.1, -0.05) is 51.3 Å². The number of nitrogens with one attached hydrogen (secondary N) is 3. The molecule has 0 radical (unpaired) electrons. The number of rotatable bonds is 10. The van der Waals surface area contributed by atoms with Gasteiger partial charge < -0.3 is 25.9 Å². The number of hydrogen-bond donors (Lipinski definition) is 4. The molecule has 5 N–H and O–H groups in total. The summed E-state index contributed by atoms with van der Waals surface area (Å²) in [5, 5.41) is 0.531. The molecule has 1 aliphatic rings. The predicted octanol–water partition coefficient (Wildman–Crippen LogP) is 5.07. The zero-order valence-corrected chi connectivity index (χ0v) is 24.3. The van der Waals surface area contributed by atoms with Crippen LogP contribution in [-0.4, -0.2) is 60.5 Å². The molecule has 1 amide bonds. The molecule has 7 nitrogen and oxygen atoms in total. The van der Waals surface area contributed by atoms with Crippen LogP contribution in [0.2, 0.25) is 0 Å². The summed E-state index contributed by atoms with van der Waals surface area (Å²) in [6, 6.07) is 12.5. The first-order valence-corrected chi connectivity index (χ1v) is 13.7. The normalized spacial score (nSPS) is 12.4. The third-order valence-electron chi connectivity index (χ3n) is 6.81. The average molecular weight is 559 g/mol. The molecule has 0 saturated carbocycles. The highest BCUT2D eigenvalue weighted by Gasteiger charge is 2.24. The van der Waals surface area contributed by atoms with E-state index in [1.165, 1.54) is 18.9 Å². The van der Waals surface area contributed by atoms with Crippen molar-refractivity contribution in [3.8, 4) is 12.8 Å². The van der Waals surface area contributed by atoms with E-state index in [0.29, 0.717) is 54.8 Å². The zero-order chi connectivity index (χ0) is 30.4. The number of hydrazine groups is 1. The van der Waals surface area contributed by atoms with Gasteiger partial charge in [-0.15, -0.1) is 12.8 Å². The van der Waals surface area contributed by atoms with E-state index in [4.69, 9.17) is 5.73 Å². The van der Waals surface area contributed by atoms with E-state index in [1.807, 2.05) is 41.4 Å². The Kier molecular flexibility index (Phi) is 13.4. The van der Waals surface area contributed by atoms with Gasteiger partial charge in [-0.2, -0.15) is 0 Å². The molecule has 8 heteroatoms. The van der Waals surface area contributed by atoms with E-state index in [0.717, 1.165) is 28.9 Å². The molecule has 0 aliphatic carbocycles. The number of hydrogen-bond acceptors (Lipinski definition) is 5. The highest BCUT2D eigenvalue weighted by molar-refractivity contribution is 5.94. The molecule has 0 bridgehead atoms. The van der Waals surface area contributed by atoms with Gasteiger partial charge in [-0.3, -0.25) is 4.79 Å². The average Bonchev–Trinajstić information content (AvgIpc) is 3.43. The number of H-pyrrole nitrogens is 1. The van der Waals surface area contributed by atoms with Crippen LogP contribution < -0.4 is 16.6 Å².